The van der Waals surface area contributed by atoms with Crippen LogP contribution in [0.2, 0.25) is 0 Å². The maximum Gasteiger partial charge on any atom is 0.401 e. The summed E-state index contributed by atoms with van der Waals surface area (Å²) in [5.74, 6) is 0.790. The second kappa shape index (κ2) is 3.18. The van der Waals surface area contributed by atoms with Gasteiger partial charge in [0.2, 0.25) is 0 Å². The highest BCUT2D eigenvalue weighted by atomic mass is 31.2. The van der Waals surface area contributed by atoms with Crippen molar-refractivity contribution in [3.63, 3.8) is 0 Å². The smallest absolute Gasteiger partial charge is 0.401 e. The van der Waals surface area contributed by atoms with E-state index in [4.69, 9.17) is 13.6 Å². The molecule has 0 aromatic heterocycles. The molecular weight excluding hydrogens is 163 g/mol. The number of hydrogen-bond acceptors (Lipinski definition) is 3. The molecule has 4 heteroatoms. The van der Waals surface area contributed by atoms with E-state index < -0.39 is 8.60 Å². The van der Waals surface area contributed by atoms with Gasteiger partial charge in [-0.1, -0.05) is 18.2 Å². The Kier molecular flexibility index (Phi) is 2.04. The molecule has 0 unspecified atom stereocenters. The maximum absolute atomic E-state index is 5.27. The Morgan fingerprint density at radius 2 is 1.91 bits per heavy atom. The van der Waals surface area contributed by atoms with Crippen molar-refractivity contribution < 1.29 is 13.6 Å². The summed E-state index contributed by atoms with van der Waals surface area (Å²) in [6, 6.07) is 9.48. The standard InChI is InChI=1S/C7H7O3P/c1-2-4-7(5-3-1)10-11-8-6-9-11/h1-5H,6H2. The molecule has 1 aliphatic rings. The molecule has 1 saturated heterocycles. The third-order valence-electron chi connectivity index (χ3n) is 1.24. The van der Waals surface area contributed by atoms with Crippen LogP contribution in [-0.4, -0.2) is 6.79 Å². The molecule has 1 aromatic carbocycles. The highest BCUT2D eigenvalue weighted by Gasteiger charge is 2.23. The fraction of sp³-hybridized carbons (Fsp3) is 0.143. The molecule has 0 N–H and O–H groups in total. The Morgan fingerprint density at radius 1 is 1.18 bits per heavy atom. The molecule has 1 aromatic rings. The van der Waals surface area contributed by atoms with Crippen molar-refractivity contribution in [2.75, 3.05) is 6.79 Å². The fourth-order valence-electron chi connectivity index (χ4n) is 0.716. The molecule has 0 spiro atoms. The maximum atomic E-state index is 5.27. The van der Waals surface area contributed by atoms with Gasteiger partial charge < -0.3 is 4.52 Å². The van der Waals surface area contributed by atoms with Crippen LogP contribution in [0.25, 0.3) is 0 Å². The minimum Gasteiger partial charge on any atom is -0.427 e. The van der Waals surface area contributed by atoms with E-state index in [0.29, 0.717) is 6.79 Å². The Balaban J connectivity index is 1.95. The van der Waals surface area contributed by atoms with Crippen LogP contribution < -0.4 is 4.52 Å². The Labute approximate surface area is 65.9 Å². The first kappa shape index (κ1) is 7.04. The average molecular weight is 170 g/mol. The van der Waals surface area contributed by atoms with Crippen LogP contribution in [0.1, 0.15) is 0 Å². The molecule has 0 atom stereocenters. The molecule has 0 radical (unpaired) electrons. The van der Waals surface area contributed by atoms with Gasteiger partial charge >= 0.3 is 8.60 Å². The summed E-state index contributed by atoms with van der Waals surface area (Å²) in [7, 11) is -1.07. The Morgan fingerprint density at radius 3 is 2.45 bits per heavy atom. The molecule has 11 heavy (non-hydrogen) atoms. The van der Waals surface area contributed by atoms with Gasteiger partial charge in [-0.2, -0.15) is 0 Å². The minimum atomic E-state index is -1.07. The molecule has 0 saturated carbocycles. The van der Waals surface area contributed by atoms with E-state index in [1.807, 2.05) is 30.3 Å². The van der Waals surface area contributed by atoms with Gasteiger partial charge in [0.1, 0.15) is 5.75 Å². The van der Waals surface area contributed by atoms with E-state index in [1.54, 1.807) is 0 Å². The molecular formula is C7H7O3P. The zero-order valence-electron chi connectivity index (χ0n) is 5.77. The third-order valence-corrected chi connectivity index (χ3v) is 2.23. The summed E-state index contributed by atoms with van der Waals surface area (Å²) in [5, 5.41) is 0. The van der Waals surface area contributed by atoms with Crippen molar-refractivity contribution in [3.8, 4) is 5.75 Å². The van der Waals surface area contributed by atoms with Crippen molar-refractivity contribution in [1.82, 2.24) is 0 Å². The topological polar surface area (TPSA) is 27.7 Å². The van der Waals surface area contributed by atoms with Crippen LogP contribution in [0, 0.1) is 0 Å². The molecule has 2 rings (SSSR count). The van der Waals surface area contributed by atoms with Gasteiger partial charge in [0.15, 0.2) is 6.79 Å². The lowest BCUT2D eigenvalue weighted by Crippen LogP contribution is -2.09. The van der Waals surface area contributed by atoms with Crippen molar-refractivity contribution >= 4 is 8.60 Å². The zero-order chi connectivity index (χ0) is 7.52. The quantitative estimate of drug-likeness (QED) is 0.637. The van der Waals surface area contributed by atoms with E-state index in [-0.39, 0.29) is 0 Å². The summed E-state index contributed by atoms with van der Waals surface area (Å²) in [5.41, 5.74) is 0. The number of para-hydroxylation sites is 1. The van der Waals surface area contributed by atoms with E-state index >= 15 is 0 Å². The van der Waals surface area contributed by atoms with E-state index in [9.17, 15) is 0 Å². The van der Waals surface area contributed by atoms with E-state index in [1.165, 1.54) is 0 Å². The summed E-state index contributed by atoms with van der Waals surface area (Å²) < 4.78 is 15.2. The highest BCUT2D eigenvalue weighted by molar-refractivity contribution is 7.43. The van der Waals surface area contributed by atoms with Gasteiger partial charge in [-0.3, -0.25) is 9.05 Å². The van der Waals surface area contributed by atoms with Crippen LogP contribution in [0.15, 0.2) is 30.3 Å². The first-order chi connectivity index (χ1) is 5.45. The number of hydrogen-bond donors (Lipinski definition) is 0. The lowest BCUT2D eigenvalue weighted by Gasteiger charge is -2.23. The van der Waals surface area contributed by atoms with Crippen molar-refractivity contribution in [2.24, 2.45) is 0 Å². The van der Waals surface area contributed by atoms with Gasteiger partial charge in [0.05, 0.1) is 0 Å². The van der Waals surface area contributed by atoms with Crippen LogP contribution in [0.4, 0.5) is 0 Å². The SMILES string of the molecule is c1ccc(OP2OCO2)cc1. The normalized spacial score (nSPS) is 17.5. The summed E-state index contributed by atoms with van der Waals surface area (Å²) in [6.07, 6.45) is 0. The highest BCUT2D eigenvalue weighted by Crippen LogP contribution is 2.47. The summed E-state index contributed by atoms with van der Waals surface area (Å²) >= 11 is 0. The molecule has 58 valence electrons. The Bertz CT molecular complexity index is 222. The lowest BCUT2D eigenvalue weighted by atomic mass is 10.3. The zero-order valence-corrected chi connectivity index (χ0v) is 6.66. The van der Waals surface area contributed by atoms with Crippen LogP contribution in [0.3, 0.4) is 0 Å². The third kappa shape index (κ3) is 1.69. The largest absolute Gasteiger partial charge is 0.427 e. The van der Waals surface area contributed by atoms with E-state index in [0.717, 1.165) is 5.75 Å². The monoisotopic (exact) mass is 170 g/mol. The van der Waals surface area contributed by atoms with Crippen molar-refractivity contribution in [1.29, 1.82) is 0 Å². The summed E-state index contributed by atoms with van der Waals surface area (Å²) in [4.78, 5) is 0. The molecule has 0 aliphatic carbocycles. The first-order valence-corrected chi connectivity index (χ1v) is 4.34. The predicted molar refractivity (Wildman–Crippen MR) is 41.0 cm³/mol. The molecule has 1 aliphatic heterocycles. The lowest BCUT2D eigenvalue weighted by molar-refractivity contribution is 0.0108. The molecule has 3 nitrogen and oxygen atoms in total. The Hall–Kier alpha value is -0.630. The summed E-state index contributed by atoms with van der Waals surface area (Å²) in [6.45, 7) is 0.360. The van der Waals surface area contributed by atoms with Gasteiger partial charge in [-0.15, -0.1) is 0 Å². The first-order valence-electron chi connectivity index (χ1n) is 3.24. The molecule has 0 amide bonds. The molecule has 0 bridgehead atoms. The van der Waals surface area contributed by atoms with Gasteiger partial charge in [0.25, 0.3) is 0 Å². The van der Waals surface area contributed by atoms with Crippen LogP contribution >= 0.6 is 8.60 Å². The minimum absolute atomic E-state index is 0.360. The molecule has 1 fully saturated rings. The van der Waals surface area contributed by atoms with Crippen molar-refractivity contribution in [3.05, 3.63) is 30.3 Å². The predicted octanol–water partition coefficient (Wildman–Crippen LogP) is 2.30. The number of benzene rings is 1. The van der Waals surface area contributed by atoms with Crippen LogP contribution in [0.5, 0.6) is 5.75 Å². The molecule has 1 heterocycles. The fourth-order valence-corrected chi connectivity index (χ4v) is 1.31. The second-order valence-electron chi connectivity index (χ2n) is 2.00. The van der Waals surface area contributed by atoms with Crippen molar-refractivity contribution in [2.45, 2.75) is 0 Å². The van der Waals surface area contributed by atoms with Crippen LogP contribution in [-0.2, 0) is 9.05 Å². The van der Waals surface area contributed by atoms with Gasteiger partial charge in [0, 0.05) is 0 Å². The van der Waals surface area contributed by atoms with E-state index in [2.05, 4.69) is 0 Å². The second-order valence-corrected chi connectivity index (χ2v) is 3.15. The van der Waals surface area contributed by atoms with Gasteiger partial charge in [-0.05, 0) is 12.1 Å². The number of rotatable bonds is 2. The van der Waals surface area contributed by atoms with Gasteiger partial charge in [-0.25, -0.2) is 0 Å². The average Bonchev–Trinajstić information content (AvgIpc) is 1.99.